The highest BCUT2D eigenvalue weighted by atomic mass is 35.5. The van der Waals surface area contributed by atoms with Crippen molar-refractivity contribution in [3.8, 4) is 0 Å². The Labute approximate surface area is 160 Å². The fourth-order valence-corrected chi connectivity index (χ4v) is 5.94. The molecule has 1 fully saturated rings. The van der Waals surface area contributed by atoms with E-state index < -0.39 is 0 Å². The minimum absolute atomic E-state index is 0.545. The monoisotopic (exact) mass is 373 g/mol. The number of halogens is 1. The first-order valence-corrected chi connectivity index (χ1v) is 11.1. The Hall–Kier alpha value is -0.830. The van der Waals surface area contributed by atoms with E-state index in [1.54, 1.807) is 10.4 Å². The number of thiophene rings is 1. The van der Waals surface area contributed by atoms with Gasteiger partial charge in [-0.1, -0.05) is 55.8 Å². The highest BCUT2D eigenvalue weighted by Gasteiger charge is 2.29. The molecule has 4 rings (SSSR count). The average Bonchev–Trinajstić information content (AvgIpc) is 3.14. The topological polar surface area (TPSA) is 12.0 Å². The van der Waals surface area contributed by atoms with Crippen LogP contribution in [0, 0.1) is 5.92 Å². The van der Waals surface area contributed by atoms with Crippen LogP contribution in [0.3, 0.4) is 0 Å². The maximum atomic E-state index is 6.07. The summed E-state index contributed by atoms with van der Waals surface area (Å²) in [6, 6.07) is 11.4. The van der Waals surface area contributed by atoms with Gasteiger partial charge in [0.25, 0.3) is 0 Å². The van der Waals surface area contributed by atoms with E-state index in [1.807, 2.05) is 23.5 Å². The van der Waals surface area contributed by atoms with Crippen molar-refractivity contribution >= 4 is 22.9 Å². The molecule has 0 saturated heterocycles. The summed E-state index contributed by atoms with van der Waals surface area (Å²) < 4.78 is 0. The molecule has 134 valence electrons. The van der Waals surface area contributed by atoms with Gasteiger partial charge in [-0.15, -0.1) is 11.3 Å². The fourth-order valence-electron chi connectivity index (χ4n) is 4.68. The van der Waals surface area contributed by atoms with Gasteiger partial charge in [-0.25, -0.2) is 0 Å². The average molecular weight is 374 g/mol. The van der Waals surface area contributed by atoms with E-state index in [-0.39, 0.29) is 0 Å². The molecule has 2 unspecified atom stereocenters. The van der Waals surface area contributed by atoms with Gasteiger partial charge in [-0.05, 0) is 66.4 Å². The molecule has 1 heterocycles. The molecule has 1 aromatic heterocycles. The van der Waals surface area contributed by atoms with Crippen LogP contribution in [-0.4, -0.2) is 6.54 Å². The summed E-state index contributed by atoms with van der Waals surface area (Å²) >= 11 is 7.99. The van der Waals surface area contributed by atoms with Crippen molar-refractivity contribution in [2.75, 3.05) is 6.54 Å². The van der Waals surface area contributed by atoms with Crippen molar-refractivity contribution in [1.82, 2.24) is 5.32 Å². The summed E-state index contributed by atoms with van der Waals surface area (Å²) in [7, 11) is 0. The third kappa shape index (κ3) is 4.13. The predicted octanol–water partition coefficient (Wildman–Crippen LogP) is 6.93. The Kier molecular flexibility index (Phi) is 5.80. The zero-order chi connectivity index (χ0) is 17.1. The maximum absolute atomic E-state index is 6.07. The second kappa shape index (κ2) is 8.24. The predicted molar refractivity (Wildman–Crippen MR) is 109 cm³/mol. The summed E-state index contributed by atoms with van der Waals surface area (Å²) in [5, 5.41) is 6.98. The van der Waals surface area contributed by atoms with Crippen LogP contribution in [0.1, 0.15) is 79.3 Å². The Morgan fingerprint density at radius 1 is 0.960 bits per heavy atom. The van der Waals surface area contributed by atoms with Gasteiger partial charge in [0.05, 0.1) is 0 Å². The summed E-state index contributed by atoms with van der Waals surface area (Å²) in [5.41, 5.74) is 2.95. The van der Waals surface area contributed by atoms with Crippen molar-refractivity contribution < 1.29 is 0 Å². The Morgan fingerprint density at radius 2 is 1.76 bits per heavy atom. The molecule has 3 heteroatoms. The van der Waals surface area contributed by atoms with Crippen LogP contribution in [0.4, 0.5) is 0 Å². The highest BCUT2D eigenvalue weighted by Crippen LogP contribution is 2.44. The quantitative estimate of drug-likeness (QED) is 0.599. The second-order valence-corrected chi connectivity index (χ2v) is 9.11. The molecule has 0 spiro atoms. The first kappa shape index (κ1) is 17.6. The molecule has 25 heavy (non-hydrogen) atoms. The van der Waals surface area contributed by atoms with E-state index in [9.17, 15) is 0 Å². The van der Waals surface area contributed by atoms with Gasteiger partial charge in [-0.2, -0.15) is 0 Å². The van der Waals surface area contributed by atoms with Crippen LogP contribution in [0.5, 0.6) is 0 Å². The molecule has 2 aliphatic carbocycles. The Balaban J connectivity index is 1.40. The van der Waals surface area contributed by atoms with Gasteiger partial charge < -0.3 is 5.32 Å². The van der Waals surface area contributed by atoms with Gasteiger partial charge >= 0.3 is 0 Å². The number of fused-ring (bicyclic) bond motifs is 1. The molecule has 0 aliphatic heterocycles. The maximum Gasteiger partial charge on any atom is 0.0406 e. The van der Waals surface area contributed by atoms with E-state index in [0.717, 1.165) is 10.9 Å². The minimum atomic E-state index is 0.545. The van der Waals surface area contributed by atoms with Gasteiger partial charge in [0, 0.05) is 21.9 Å². The second-order valence-electron chi connectivity index (χ2n) is 7.72. The van der Waals surface area contributed by atoms with Crippen LogP contribution in [0.15, 0.2) is 35.7 Å². The fraction of sp³-hybridized carbons (Fsp3) is 0.545. The number of benzene rings is 1. The Morgan fingerprint density at radius 3 is 2.56 bits per heavy atom. The normalized spacial score (nSPS) is 24.2. The molecular formula is C22H28ClNS. The van der Waals surface area contributed by atoms with Crippen LogP contribution in [-0.2, 0) is 0 Å². The van der Waals surface area contributed by atoms with Crippen molar-refractivity contribution in [2.45, 2.75) is 63.3 Å². The van der Waals surface area contributed by atoms with E-state index >= 15 is 0 Å². The number of hydrogen-bond acceptors (Lipinski definition) is 2. The molecule has 1 N–H and O–H groups in total. The smallest absolute Gasteiger partial charge is 0.0406 e. The minimum Gasteiger partial charge on any atom is -0.310 e. The number of rotatable bonds is 5. The molecule has 0 radical (unpaired) electrons. The van der Waals surface area contributed by atoms with Gasteiger partial charge in [0.1, 0.15) is 0 Å². The first-order valence-electron chi connectivity index (χ1n) is 9.87. The molecule has 0 bridgehead atoms. The number of nitrogens with one attached hydrogen (secondary N) is 1. The lowest BCUT2D eigenvalue weighted by Crippen LogP contribution is -2.28. The van der Waals surface area contributed by atoms with Crippen molar-refractivity contribution in [3.63, 3.8) is 0 Å². The first-order chi connectivity index (χ1) is 12.3. The van der Waals surface area contributed by atoms with Crippen molar-refractivity contribution in [1.29, 1.82) is 0 Å². The summed E-state index contributed by atoms with van der Waals surface area (Å²) in [6.07, 6.45) is 11.1. The lowest BCUT2D eigenvalue weighted by Gasteiger charge is -2.31. The lowest BCUT2D eigenvalue weighted by molar-refractivity contribution is 0.323. The van der Waals surface area contributed by atoms with E-state index in [1.165, 1.54) is 63.5 Å². The lowest BCUT2D eigenvalue weighted by atomic mass is 9.82. The third-order valence-corrected chi connectivity index (χ3v) is 7.40. The third-order valence-electron chi connectivity index (χ3n) is 6.10. The standard InChI is InChI=1S/C22H28ClNS/c23-18-8-6-17(7-9-18)19-10-11-21(20-13-15-25-22(19)20)24-14-12-16-4-2-1-3-5-16/h6-9,13,15-16,19,21,24H,1-5,10-12,14H2. The van der Waals surface area contributed by atoms with Crippen LogP contribution >= 0.6 is 22.9 Å². The van der Waals surface area contributed by atoms with Crippen LogP contribution in [0.2, 0.25) is 5.02 Å². The zero-order valence-corrected chi connectivity index (χ0v) is 16.4. The van der Waals surface area contributed by atoms with Gasteiger partial charge in [0.2, 0.25) is 0 Å². The largest absolute Gasteiger partial charge is 0.310 e. The molecule has 1 nitrogen and oxygen atoms in total. The molecule has 0 amide bonds. The number of hydrogen-bond donors (Lipinski definition) is 1. The van der Waals surface area contributed by atoms with Crippen molar-refractivity contribution in [3.05, 3.63) is 56.7 Å². The molecule has 1 aromatic carbocycles. The van der Waals surface area contributed by atoms with Crippen LogP contribution < -0.4 is 5.32 Å². The van der Waals surface area contributed by atoms with Crippen LogP contribution in [0.25, 0.3) is 0 Å². The molecule has 2 aliphatic rings. The summed E-state index contributed by atoms with van der Waals surface area (Å²) in [5.74, 6) is 1.51. The van der Waals surface area contributed by atoms with Gasteiger partial charge in [-0.3, -0.25) is 0 Å². The molecule has 1 saturated carbocycles. The van der Waals surface area contributed by atoms with E-state index in [4.69, 9.17) is 11.6 Å². The van der Waals surface area contributed by atoms with Gasteiger partial charge in [0.15, 0.2) is 0 Å². The molecule has 2 atom stereocenters. The Bertz CT molecular complexity index is 672. The summed E-state index contributed by atoms with van der Waals surface area (Å²) in [4.78, 5) is 1.56. The molecule has 2 aromatic rings. The summed E-state index contributed by atoms with van der Waals surface area (Å²) in [6.45, 7) is 1.18. The molecular weight excluding hydrogens is 346 g/mol. The van der Waals surface area contributed by atoms with E-state index in [2.05, 4.69) is 28.9 Å². The van der Waals surface area contributed by atoms with E-state index in [0.29, 0.717) is 12.0 Å². The SMILES string of the molecule is Clc1ccc(C2CCC(NCCC3CCCCC3)c3ccsc32)cc1. The van der Waals surface area contributed by atoms with Crippen molar-refractivity contribution in [2.24, 2.45) is 5.92 Å². The zero-order valence-electron chi connectivity index (χ0n) is 14.8. The highest BCUT2D eigenvalue weighted by molar-refractivity contribution is 7.10.